The molecule has 70 heavy (non-hydrogen) atoms. The molecule has 0 saturated heterocycles. The summed E-state index contributed by atoms with van der Waals surface area (Å²) >= 11 is 0. The first-order valence-electron chi connectivity index (χ1n) is 20.5. The van der Waals surface area contributed by atoms with Crippen molar-refractivity contribution in [2.24, 2.45) is 50.2 Å². The third-order valence-electron chi connectivity index (χ3n) is 16.8. The molecule has 0 aromatic carbocycles. The van der Waals surface area contributed by atoms with E-state index in [1.807, 2.05) is 0 Å². The maximum absolute atomic E-state index is 13.6. The average Bonchev–Trinajstić information content (AvgIpc) is 3.79. The molecule has 0 amide bonds. The molecule has 6 bridgehead atoms. The molecule has 0 spiro atoms. The maximum Gasteiger partial charge on any atom is 3.00 e. The fraction of sp³-hybridized carbons (Fsp3) is 0.786. The number of rotatable bonds is 6. The van der Waals surface area contributed by atoms with Crippen LogP contribution in [0.25, 0.3) is 0 Å². The molecule has 6 fully saturated rings. The van der Waals surface area contributed by atoms with Crippen LogP contribution in [0.1, 0.15) is 101 Å². The van der Waals surface area contributed by atoms with Gasteiger partial charge in [-0.05, 0) is 107 Å². The number of alkyl halides is 21. The number of hydrogen-bond acceptors (Lipinski definition) is 6. The third kappa shape index (κ3) is 7.84. The first kappa shape index (κ1) is 61.8. The molecular formula is C42H42F21O6Pr. The normalized spacial score (nSPS) is 32.8. The summed E-state index contributed by atoms with van der Waals surface area (Å²) in [6.45, 7) is 13.3. The fourth-order valence-electron chi connectivity index (χ4n) is 10.9. The quantitative estimate of drug-likeness (QED) is 0.148. The molecular weight excluding hydrogens is 1140 g/mol. The minimum atomic E-state index is -6.60. The van der Waals surface area contributed by atoms with Crippen molar-refractivity contribution in [3.8, 4) is 0 Å². The Balaban J connectivity index is 0.000000276. The molecule has 6 nitrogen and oxygen atoms in total. The van der Waals surface area contributed by atoms with Crippen molar-refractivity contribution in [1.29, 1.82) is 0 Å². The Morgan fingerprint density at radius 1 is 0.371 bits per heavy atom. The van der Waals surface area contributed by atoms with Gasteiger partial charge in [-0.2, -0.15) is 92.2 Å². The Labute approximate surface area is 417 Å². The van der Waals surface area contributed by atoms with Gasteiger partial charge in [-0.25, -0.2) is 0 Å². The first-order valence-corrected chi connectivity index (χ1v) is 20.5. The van der Waals surface area contributed by atoms with Gasteiger partial charge in [0.05, 0.1) is 0 Å². The van der Waals surface area contributed by atoms with Gasteiger partial charge in [0.25, 0.3) is 0 Å². The van der Waals surface area contributed by atoms with Crippen LogP contribution in [0.2, 0.25) is 0 Å². The molecule has 6 aliphatic rings. The van der Waals surface area contributed by atoms with Crippen molar-refractivity contribution in [2.75, 3.05) is 0 Å². The third-order valence-corrected chi connectivity index (χ3v) is 16.8. The Morgan fingerprint density at radius 2 is 0.529 bits per heavy atom. The molecule has 6 rings (SSSR count). The van der Waals surface area contributed by atoms with Crippen LogP contribution < -0.4 is 15.3 Å². The van der Waals surface area contributed by atoms with Crippen LogP contribution in [-0.4, -0.2) is 71.4 Å². The van der Waals surface area contributed by atoms with Gasteiger partial charge in [0, 0.05) is 16.2 Å². The van der Waals surface area contributed by atoms with E-state index in [2.05, 4.69) is 0 Å². The van der Waals surface area contributed by atoms with Gasteiger partial charge in [0.15, 0.2) is 17.3 Å². The number of Topliss-reactive ketones (excluding diaryl/α,β-unsaturated/α-hetero) is 3. The molecule has 396 valence electrons. The summed E-state index contributed by atoms with van der Waals surface area (Å²) in [6, 6.07) is 0. The average molecular weight is 1180 g/mol. The number of carbonyl (C=O) groups excluding carboxylic acids is 3. The van der Waals surface area contributed by atoms with E-state index in [4.69, 9.17) is 0 Å². The number of carbonyl (C=O) groups is 3. The van der Waals surface area contributed by atoms with Gasteiger partial charge in [0.2, 0.25) is 0 Å². The van der Waals surface area contributed by atoms with Crippen LogP contribution in [-0.2, 0) is 14.4 Å². The van der Waals surface area contributed by atoms with Gasteiger partial charge < -0.3 is 15.3 Å². The van der Waals surface area contributed by atoms with E-state index in [-0.39, 0.29) is 79.8 Å². The number of halogens is 21. The molecule has 6 atom stereocenters. The Hall–Kier alpha value is -2.48. The minimum Gasteiger partial charge on any atom is -0.871 e. The maximum atomic E-state index is 13.6. The molecule has 0 N–H and O–H groups in total. The molecule has 6 aliphatic carbocycles. The van der Waals surface area contributed by atoms with E-state index in [1.54, 1.807) is 0 Å². The molecule has 0 radical (unpaired) electrons. The van der Waals surface area contributed by atoms with Gasteiger partial charge in [0.1, 0.15) is 0 Å². The monoisotopic (exact) mass is 1180 g/mol. The summed E-state index contributed by atoms with van der Waals surface area (Å²) in [5, 5.41) is 35.4. The summed E-state index contributed by atoms with van der Waals surface area (Å²) in [6.07, 6.45) is -18.7. The van der Waals surface area contributed by atoms with Crippen LogP contribution in [0, 0.1) is 91.5 Å². The standard InChI is InChI=1S/3C14H15F7O2.Pr/c3*1-10(2)6-4-5-11(10,3)8(22)7(6)9(23)12(15,16)13(17,18)14(19,20)21;/h3*6,23H,4-5H2,1-3H3;/q;;;+3/p-3/b3*9-7-;. The van der Waals surface area contributed by atoms with E-state index in [9.17, 15) is 122 Å². The van der Waals surface area contributed by atoms with Crippen molar-refractivity contribution in [2.45, 2.75) is 155 Å². The summed E-state index contributed by atoms with van der Waals surface area (Å²) < 4.78 is 270. The zero-order valence-corrected chi connectivity index (χ0v) is 41.6. The van der Waals surface area contributed by atoms with E-state index < -0.39 is 156 Å². The van der Waals surface area contributed by atoms with E-state index >= 15 is 0 Å². The predicted octanol–water partition coefficient (Wildman–Crippen LogP) is 10.4. The van der Waals surface area contributed by atoms with Gasteiger partial charge in [-0.3, -0.25) is 14.4 Å². The predicted molar refractivity (Wildman–Crippen MR) is 188 cm³/mol. The smallest absolute Gasteiger partial charge is 0.871 e. The molecule has 28 heteroatoms. The number of allylic oxidation sites excluding steroid dienone is 6. The first-order chi connectivity index (χ1) is 30.1. The van der Waals surface area contributed by atoms with Crippen molar-refractivity contribution < 1.29 is 163 Å². The molecule has 0 heterocycles. The summed E-state index contributed by atoms with van der Waals surface area (Å²) in [5.41, 5.74) is -9.87. The molecule has 0 aliphatic heterocycles. The molecule has 0 aromatic rings. The van der Waals surface area contributed by atoms with E-state index in [0.717, 1.165) is 0 Å². The number of hydrogen-bond donors (Lipinski definition) is 0. The summed E-state index contributed by atoms with van der Waals surface area (Å²) in [7, 11) is 0. The zero-order valence-electron chi connectivity index (χ0n) is 37.9. The van der Waals surface area contributed by atoms with Crippen molar-refractivity contribution in [3.63, 3.8) is 0 Å². The second-order valence-corrected chi connectivity index (χ2v) is 20.6. The van der Waals surface area contributed by atoms with Gasteiger partial charge in [-0.1, -0.05) is 62.3 Å². The van der Waals surface area contributed by atoms with Gasteiger partial charge >= 0.3 is 95.4 Å². The van der Waals surface area contributed by atoms with Gasteiger partial charge in [-0.15, -0.1) is 0 Å². The van der Waals surface area contributed by atoms with Crippen molar-refractivity contribution in [3.05, 3.63) is 34.0 Å². The SMILES string of the molecule is CC12CCC(/C(=C(/[O-])C(F)(F)C(F)(F)C(F)(F)F)C1=O)C2(C)C.CC12CCC(/C(=C(/[O-])C(F)(F)C(F)(F)C(F)(F)F)C1=O)C2(C)C.CC12CCC(/C(=C(/[O-])C(F)(F)C(F)(F)C(F)(F)F)C1=O)C2(C)C.[Pr+3]. The fourth-order valence-corrected chi connectivity index (χ4v) is 10.9. The topological polar surface area (TPSA) is 120 Å². The Kier molecular flexibility index (Phi) is 15.0. The molecule has 6 saturated carbocycles. The number of ketones is 3. The molecule has 0 aromatic heterocycles. The van der Waals surface area contributed by atoms with Crippen LogP contribution in [0.15, 0.2) is 34.0 Å². The zero-order chi connectivity index (χ0) is 54.7. The van der Waals surface area contributed by atoms with E-state index in [0.29, 0.717) is 0 Å². The van der Waals surface area contributed by atoms with Crippen LogP contribution in [0.5, 0.6) is 0 Å². The largest absolute Gasteiger partial charge is 3.00 e. The second kappa shape index (κ2) is 17.0. The molecule has 6 unspecified atom stereocenters. The van der Waals surface area contributed by atoms with Crippen LogP contribution in [0.4, 0.5) is 92.2 Å². The number of fused-ring (bicyclic) bond motifs is 6. The van der Waals surface area contributed by atoms with Crippen molar-refractivity contribution in [1.82, 2.24) is 0 Å². The second-order valence-electron chi connectivity index (χ2n) is 20.6. The van der Waals surface area contributed by atoms with Crippen LogP contribution >= 0.6 is 0 Å². The van der Waals surface area contributed by atoms with Crippen molar-refractivity contribution >= 4 is 17.3 Å². The van der Waals surface area contributed by atoms with E-state index in [1.165, 1.54) is 62.3 Å². The Morgan fingerprint density at radius 3 is 0.643 bits per heavy atom. The Bertz CT molecular complexity index is 2020. The summed E-state index contributed by atoms with van der Waals surface area (Å²) in [4.78, 5) is 36.8. The summed E-state index contributed by atoms with van der Waals surface area (Å²) in [5.74, 6) is -52.2. The van der Waals surface area contributed by atoms with Crippen LogP contribution in [0.3, 0.4) is 0 Å². The minimum absolute atomic E-state index is 0.